The van der Waals surface area contributed by atoms with Gasteiger partial charge in [0.15, 0.2) is 0 Å². The summed E-state index contributed by atoms with van der Waals surface area (Å²) in [6.07, 6.45) is 1.96. The minimum Gasteiger partial charge on any atom is -0.375 e. The maximum absolute atomic E-state index is 5.69. The topological polar surface area (TPSA) is 21.3 Å². The number of rotatable bonds is 1. The summed E-state index contributed by atoms with van der Waals surface area (Å²) in [5.74, 6) is 0.635. The molecular formula is C9H19NO. The third kappa shape index (κ3) is 1.94. The first-order chi connectivity index (χ1) is 5.15. The molecule has 1 N–H and O–H groups in total. The normalized spacial score (nSPS) is 45.8. The molecule has 1 aliphatic rings. The fraction of sp³-hybridized carbons (Fsp3) is 1.00. The van der Waals surface area contributed by atoms with Crippen molar-refractivity contribution in [1.82, 2.24) is 5.32 Å². The zero-order chi connectivity index (χ0) is 8.43. The Morgan fingerprint density at radius 2 is 1.91 bits per heavy atom. The number of hydrogen-bond acceptors (Lipinski definition) is 2. The molecule has 0 aromatic heterocycles. The van der Waals surface area contributed by atoms with Crippen LogP contribution in [0.5, 0.6) is 0 Å². The monoisotopic (exact) mass is 157 g/mol. The zero-order valence-electron chi connectivity index (χ0n) is 7.92. The Balaban J connectivity index is 2.51. The van der Waals surface area contributed by atoms with Crippen molar-refractivity contribution in [1.29, 1.82) is 0 Å². The lowest BCUT2D eigenvalue weighted by atomic mass is 9.89. The summed E-state index contributed by atoms with van der Waals surface area (Å²) in [5, 5.41) is 3.33. The molecule has 2 heteroatoms. The van der Waals surface area contributed by atoms with Crippen molar-refractivity contribution in [2.45, 2.75) is 45.4 Å². The van der Waals surface area contributed by atoms with Crippen LogP contribution in [0.2, 0.25) is 0 Å². The molecule has 1 heterocycles. The van der Waals surface area contributed by atoms with E-state index < -0.39 is 0 Å². The van der Waals surface area contributed by atoms with Gasteiger partial charge in [-0.15, -0.1) is 0 Å². The predicted molar refractivity (Wildman–Crippen MR) is 46.6 cm³/mol. The van der Waals surface area contributed by atoms with E-state index in [1.807, 2.05) is 7.05 Å². The molecule has 0 bridgehead atoms. The Morgan fingerprint density at radius 1 is 1.27 bits per heavy atom. The summed E-state index contributed by atoms with van der Waals surface area (Å²) in [7, 11) is 2.03. The van der Waals surface area contributed by atoms with Gasteiger partial charge >= 0.3 is 0 Å². The molecule has 0 spiro atoms. The highest BCUT2D eigenvalue weighted by atomic mass is 16.5. The van der Waals surface area contributed by atoms with Crippen LogP contribution in [0, 0.1) is 5.92 Å². The van der Waals surface area contributed by atoms with Gasteiger partial charge < -0.3 is 10.1 Å². The Morgan fingerprint density at radius 3 is 2.45 bits per heavy atom. The first-order valence-electron chi connectivity index (χ1n) is 4.48. The average molecular weight is 157 g/mol. The van der Waals surface area contributed by atoms with E-state index in [2.05, 4.69) is 26.1 Å². The lowest BCUT2D eigenvalue weighted by Crippen LogP contribution is -2.46. The van der Waals surface area contributed by atoms with Crippen LogP contribution in [0.25, 0.3) is 0 Å². The van der Waals surface area contributed by atoms with E-state index in [0.717, 1.165) is 6.42 Å². The van der Waals surface area contributed by atoms with E-state index >= 15 is 0 Å². The Kier molecular flexibility index (Phi) is 2.90. The first-order valence-corrected chi connectivity index (χ1v) is 4.48. The van der Waals surface area contributed by atoms with Crippen molar-refractivity contribution < 1.29 is 4.74 Å². The summed E-state index contributed by atoms with van der Waals surface area (Å²) >= 11 is 0. The van der Waals surface area contributed by atoms with Crippen LogP contribution in [0.3, 0.4) is 0 Å². The molecule has 4 atom stereocenters. The molecule has 1 fully saturated rings. The van der Waals surface area contributed by atoms with Gasteiger partial charge in [-0.1, -0.05) is 6.92 Å². The molecule has 1 aliphatic heterocycles. The average Bonchev–Trinajstić information content (AvgIpc) is 1.96. The van der Waals surface area contributed by atoms with Crippen LogP contribution in [-0.2, 0) is 4.74 Å². The third-order valence-corrected chi connectivity index (χ3v) is 2.78. The van der Waals surface area contributed by atoms with Gasteiger partial charge in [-0.25, -0.2) is 0 Å². The molecule has 0 aromatic carbocycles. The maximum Gasteiger partial charge on any atom is 0.0591 e. The molecule has 11 heavy (non-hydrogen) atoms. The van der Waals surface area contributed by atoms with Gasteiger partial charge in [0.1, 0.15) is 0 Å². The van der Waals surface area contributed by atoms with Gasteiger partial charge in [0.2, 0.25) is 0 Å². The van der Waals surface area contributed by atoms with Crippen LogP contribution >= 0.6 is 0 Å². The lowest BCUT2D eigenvalue weighted by molar-refractivity contribution is -0.0733. The molecule has 1 rings (SSSR count). The van der Waals surface area contributed by atoms with E-state index in [0.29, 0.717) is 24.2 Å². The van der Waals surface area contributed by atoms with Crippen LogP contribution in [0.4, 0.5) is 0 Å². The molecule has 0 saturated carbocycles. The SMILES string of the molecule is CNC1CC(C)OC(C)C1C. The van der Waals surface area contributed by atoms with Crippen molar-refractivity contribution >= 4 is 0 Å². The largest absolute Gasteiger partial charge is 0.375 e. The number of hydrogen-bond donors (Lipinski definition) is 1. The van der Waals surface area contributed by atoms with Crippen molar-refractivity contribution in [3.63, 3.8) is 0 Å². The van der Waals surface area contributed by atoms with E-state index in [1.165, 1.54) is 0 Å². The number of nitrogens with one attached hydrogen (secondary N) is 1. The third-order valence-electron chi connectivity index (χ3n) is 2.78. The molecule has 66 valence electrons. The minimum atomic E-state index is 0.399. The molecule has 1 saturated heterocycles. The fourth-order valence-corrected chi connectivity index (χ4v) is 1.83. The standard InChI is InChI=1S/C9H19NO/c1-6-5-9(10-4)7(2)8(3)11-6/h6-10H,5H2,1-4H3. The van der Waals surface area contributed by atoms with Gasteiger partial charge in [-0.2, -0.15) is 0 Å². The zero-order valence-corrected chi connectivity index (χ0v) is 7.92. The quantitative estimate of drug-likeness (QED) is 0.621. The molecule has 0 amide bonds. The smallest absolute Gasteiger partial charge is 0.0591 e. The van der Waals surface area contributed by atoms with Crippen molar-refractivity contribution in [3.05, 3.63) is 0 Å². The Labute approximate surface area is 69.3 Å². The second-order valence-electron chi connectivity index (χ2n) is 3.64. The van der Waals surface area contributed by atoms with E-state index in [1.54, 1.807) is 0 Å². The summed E-state index contributed by atoms with van der Waals surface area (Å²) in [6.45, 7) is 6.55. The highest BCUT2D eigenvalue weighted by Gasteiger charge is 2.30. The lowest BCUT2D eigenvalue weighted by Gasteiger charge is -2.37. The molecule has 0 aromatic rings. The fourth-order valence-electron chi connectivity index (χ4n) is 1.83. The minimum absolute atomic E-state index is 0.399. The van der Waals surface area contributed by atoms with Crippen molar-refractivity contribution in [2.75, 3.05) is 7.05 Å². The van der Waals surface area contributed by atoms with Gasteiger partial charge in [-0.3, -0.25) is 0 Å². The summed E-state index contributed by atoms with van der Waals surface area (Å²) < 4.78 is 5.69. The molecular weight excluding hydrogens is 138 g/mol. The van der Waals surface area contributed by atoms with Crippen LogP contribution in [0.15, 0.2) is 0 Å². The van der Waals surface area contributed by atoms with Gasteiger partial charge in [-0.05, 0) is 33.2 Å². The molecule has 0 radical (unpaired) electrons. The van der Waals surface area contributed by atoms with Crippen LogP contribution < -0.4 is 5.32 Å². The van der Waals surface area contributed by atoms with E-state index in [-0.39, 0.29) is 0 Å². The summed E-state index contributed by atoms with van der Waals surface area (Å²) in [6, 6.07) is 0.633. The van der Waals surface area contributed by atoms with Crippen LogP contribution in [0.1, 0.15) is 27.2 Å². The van der Waals surface area contributed by atoms with E-state index in [9.17, 15) is 0 Å². The van der Waals surface area contributed by atoms with Gasteiger partial charge in [0.25, 0.3) is 0 Å². The Bertz CT molecular complexity index is 127. The highest BCUT2D eigenvalue weighted by molar-refractivity contribution is 4.83. The second kappa shape index (κ2) is 3.55. The Hall–Kier alpha value is -0.0800. The van der Waals surface area contributed by atoms with Crippen molar-refractivity contribution in [2.24, 2.45) is 5.92 Å². The second-order valence-corrected chi connectivity index (χ2v) is 3.64. The summed E-state index contributed by atoms with van der Waals surface area (Å²) in [5.41, 5.74) is 0. The van der Waals surface area contributed by atoms with E-state index in [4.69, 9.17) is 4.74 Å². The number of ether oxygens (including phenoxy) is 1. The first kappa shape index (κ1) is 9.01. The molecule has 2 nitrogen and oxygen atoms in total. The molecule has 0 aliphatic carbocycles. The predicted octanol–water partition coefficient (Wildman–Crippen LogP) is 1.41. The summed E-state index contributed by atoms with van der Waals surface area (Å²) in [4.78, 5) is 0. The maximum atomic E-state index is 5.69. The van der Waals surface area contributed by atoms with Gasteiger partial charge in [0.05, 0.1) is 12.2 Å². The molecule has 4 unspecified atom stereocenters. The van der Waals surface area contributed by atoms with Crippen LogP contribution in [-0.4, -0.2) is 25.3 Å². The van der Waals surface area contributed by atoms with Gasteiger partial charge in [0, 0.05) is 6.04 Å². The highest BCUT2D eigenvalue weighted by Crippen LogP contribution is 2.24. The van der Waals surface area contributed by atoms with Crippen molar-refractivity contribution in [3.8, 4) is 0 Å².